The van der Waals surface area contributed by atoms with E-state index in [1.165, 1.54) is 5.56 Å². The number of halogens is 2. The summed E-state index contributed by atoms with van der Waals surface area (Å²) in [4.78, 5) is 0. The van der Waals surface area contributed by atoms with Crippen molar-refractivity contribution in [2.24, 2.45) is 0 Å². The number of para-hydroxylation sites is 1. The number of rotatable bonds is 4. The van der Waals surface area contributed by atoms with E-state index < -0.39 is 0 Å². The zero-order valence-electron chi connectivity index (χ0n) is 10.8. The molecular formula is C15H15Cl2NO. The molecule has 0 unspecified atom stereocenters. The van der Waals surface area contributed by atoms with Gasteiger partial charge in [0, 0.05) is 12.2 Å². The van der Waals surface area contributed by atoms with Gasteiger partial charge in [-0.2, -0.15) is 0 Å². The largest absolute Gasteiger partial charge is 0.494 e. The predicted molar refractivity (Wildman–Crippen MR) is 81.5 cm³/mol. The highest BCUT2D eigenvalue weighted by Gasteiger charge is 2.08. The SMILES string of the molecule is COc1c(Cl)cc(CNc2ccccc2C)cc1Cl. The van der Waals surface area contributed by atoms with E-state index in [2.05, 4.69) is 18.3 Å². The summed E-state index contributed by atoms with van der Waals surface area (Å²) in [5.74, 6) is 0.517. The molecule has 2 rings (SSSR count). The van der Waals surface area contributed by atoms with Gasteiger partial charge in [-0.3, -0.25) is 0 Å². The van der Waals surface area contributed by atoms with Gasteiger partial charge in [0.25, 0.3) is 0 Å². The van der Waals surface area contributed by atoms with Crippen molar-refractivity contribution in [2.75, 3.05) is 12.4 Å². The lowest BCUT2D eigenvalue weighted by molar-refractivity contribution is 0.415. The maximum Gasteiger partial charge on any atom is 0.156 e. The first kappa shape index (κ1) is 14.0. The molecule has 0 radical (unpaired) electrons. The lowest BCUT2D eigenvalue weighted by Crippen LogP contribution is -2.01. The number of nitrogens with one attached hydrogen (secondary N) is 1. The smallest absolute Gasteiger partial charge is 0.156 e. The molecule has 0 spiro atoms. The molecule has 0 aliphatic heterocycles. The third kappa shape index (κ3) is 3.34. The number of hydrogen-bond donors (Lipinski definition) is 1. The average molecular weight is 296 g/mol. The van der Waals surface area contributed by atoms with Crippen molar-refractivity contribution in [3.05, 3.63) is 57.6 Å². The van der Waals surface area contributed by atoms with E-state index in [1.807, 2.05) is 30.3 Å². The fourth-order valence-corrected chi connectivity index (χ4v) is 2.56. The van der Waals surface area contributed by atoms with Gasteiger partial charge in [-0.1, -0.05) is 41.4 Å². The predicted octanol–water partition coefficient (Wildman–Crippen LogP) is 4.92. The molecule has 0 fully saturated rings. The van der Waals surface area contributed by atoms with E-state index in [0.29, 0.717) is 22.3 Å². The highest BCUT2D eigenvalue weighted by molar-refractivity contribution is 6.37. The topological polar surface area (TPSA) is 21.3 Å². The lowest BCUT2D eigenvalue weighted by atomic mass is 10.1. The van der Waals surface area contributed by atoms with Gasteiger partial charge in [-0.05, 0) is 36.2 Å². The third-order valence-corrected chi connectivity index (χ3v) is 3.45. The van der Waals surface area contributed by atoms with Crippen molar-refractivity contribution in [2.45, 2.75) is 13.5 Å². The van der Waals surface area contributed by atoms with Crippen molar-refractivity contribution in [1.29, 1.82) is 0 Å². The molecule has 0 aromatic heterocycles. The van der Waals surface area contributed by atoms with Gasteiger partial charge in [0.05, 0.1) is 17.2 Å². The number of benzene rings is 2. The molecule has 2 aromatic carbocycles. The van der Waals surface area contributed by atoms with Gasteiger partial charge in [0.1, 0.15) is 0 Å². The molecular weight excluding hydrogens is 281 g/mol. The van der Waals surface area contributed by atoms with Crippen LogP contribution in [0.1, 0.15) is 11.1 Å². The molecule has 19 heavy (non-hydrogen) atoms. The molecule has 0 saturated heterocycles. The molecule has 0 aliphatic rings. The molecule has 100 valence electrons. The Bertz CT molecular complexity index is 561. The van der Waals surface area contributed by atoms with Crippen LogP contribution in [0.25, 0.3) is 0 Å². The average Bonchev–Trinajstić information content (AvgIpc) is 2.37. The minimum Gasteiger partial charge on any atom is -0.494 e. The Labute approximate surface area is 123 Å². The first-order valence-electron chi connectivity index (χ1n) is 5.93. The summed E-state index contributed by atoms with van der Waals surface area (Å²) in [6.07, 6.45) is 0. The molecule has 1 N–H and O–H groups in total. The van der Waals surface area contributed by atoms with E-state index in [-0.39, 0.29) is 0 Å². The van der Waals surface area contributed by atoms with E-state index in [1.54, 1.807) is 7.11 Å². The fourth-order valence-electron chi connectivity index (χ4n) is 1.88. The van der Waals surface area contributed by atoms with Crippen LogP contribution < -0.4 is 10.1 Å². The maximum atomic E-state index is 6.11. The van der Waals surface area contributed by atoms with Crippen molar-refractivity contribution < 1.29 is 4.74 Å². The fraction of sp³-hybridized carbons (Fsp3) is 0.200. The normalized spacial score (nSPS) is 10.3. The number of methoxy groups -OCH3 is 1. The summed E-state index contributed by atoms with van der Waals surface area (Å²) in [6.45, 7) is 2.73. The second-order valence-electron chi connectivity index (χ2n) is 4.26. The van der Waals surface area contributed by atoms with Crippen LogP contribution in [0.2, 0.25) is 10.0 Å². The molecule has 2 aromatic rings. The monoisotopic (exact) mass is 295 g/mol. The van der Waals surface area contributed by atoms with E-state index in [9.17, 15) is 0 Å². The van der Waals surface area contributed by atoms with Crippen molar-refractivity contribution >= 4 is 28.9 Å². The Morgan fingerprint density at radius 1 is 1.11 bits per heavy atom. The molecule has 0 aliphatic carbocycles. The number of hydrogen-bond acceptors (Lipinski definition) is 2. The van der Waals surface area contributed by atoms with Crippen molar-refractivity contribution in [3.63, 3.8) is 0 Å². The minimum atomic E-state index is 0.517. The van der Waals surface area contributed by atoms with E-state index >= 15 is 0 Å². The van der Waals surface area contributed by atoms with Crippen LogP contribution in [0.15, 0.2) is 36.4 Å². The first-order valence-corrected chi connectivity index (χ1v) is 6.69. The number of ether oxygens (including phenoxy) is 1. The van der Waals surface area contributed by atoms with Crippen LogP contribution in [-0.4, -0.2) is 7.11 Å². The summed E-state index contributed by atoms with van der Waals surface area (Å²) >= 11 is 12.2. The van der Waals surface area contributed by atoms with Crippen LogP contribution in [0.5, 0.6) is 5.75 Å². The summed E-state index contributed by atoms with van der Waals surface area (Å²) in [5, 5.41) is 4.41. The zero-order valence-corrected chi connectivity index (χ0v) is 12.3. The van der Waals surface area contributed by atoms with Crippen LogP contribution in [0, 0.1) is 6.92 Å². The van der Waals surface area contributed by atoms with Gasteiger partial charge >= 0.3 is 0 Å². The Balaban J connectivity index is 2.15. The second-order valence-corrected chi connectivity index (χ2v) is 5.08. The van der Waals surface area contributed by atoms with Gasteiger partial charge in [-0.25, -0.2) is 0 Å². The summed E-state index contributed by atoms with van der Waals surface area (Å²) < 4.78 is 5.13. The van der Waals surface area contributed by atoms with Crippen LogP contribution in [0.4, 0.5) is 5.69 Å². The molecule has 0 saturated carbocycles. The zero-order chi connectivity index (χ0) is 13.8. The van der Waals surface area contributed by atoms with Crippen LogP contribution >= 0.6 is 23.2 Å². The molecule has 0 amide bonds. The maximum absolute atomic E-state index is 6.11. The van der Waals surface area contributed by atoms with Crippen molar-refractivity contribution in [3.8, 4) is 5.75 Å². The van der Waals surface area contributed by atoms with Gasteiger partial charge in [-0.15, -0.1) is 0 Å². The Morgan fingerprint density at radius 2 is 1.74 bits per heavy atom. The summed E-state index contributed by atoms with van der Waals surface area (Å²) in [7, 11) is 1.55. The molecule has 0 atom stereocenters. The molecule has 0 heterocycles. The Hall–Kier alpha value is -1.38. The van der Waals surface area contributed by atoms with Crippen LogP contribution in [0.3, 0.4) is 0 Å². The van der Waals surface area contributed by atoms with Crippen molar-refractivity contribution in [1.82, 2.24) is 0 Å². The number of aryl methyl sites for hydroxylation is 1. The lowest BCUT2D eigenvalue weighted by Gasteiger charge is -2.12. The quantitative estimate of drug-likeness (QED) is 0.864. The molecule has 4 heteroatoms. The summed E-state index contributed by atoms with van der Waals surface area (Å²) in [6, 6.07) is 11.8. The van der Waals surface area contributed by atoms with Gasteiger partial charge in [0.15, 0.2) is 5.75 Å². The highest BCUT2D eigenvalue weighted by Crippen LogP contribution is 2.34. The standard InChI is InChI=1S/C15H15Cl2NO/c1-10-5-3-4-6-14(10)18-9-11-7-12(16)15(19-2)13(17)8-11/h3-8,18H,9H2,1-2H3. The van der Waals surface area contributed by atoms with Gasteiger partial charge in [0.2, 0.25) is 0 Å². The highest BCUT2D eigenvalue weighted by atomic mass is 35.5. The van der Waals surface area contributed by atoms with E-state index in [4.69, 9.17) is 27.9 Å². The number of anilines is 1. The Morgan fingerprint density at radius 3 is 2.32 bits per heavy atom. The second kappa shape index (κ2) is 6.18. The van der Waals surface area contributed by atoms with Crippen LogP contribution in [-0.2, 0) is 6.54 Å². The summed E-state index contributed by atoms with van der Waals surface area (Å²) in [5.41, 5.74) is 3.32. The first-order chi connectivity index (χ1) is 9.11. The third-order valence-electron chi connectivity index (χ3n) is 2.89. The molecule has 0 bridgehead atoms. The van der Waals surface area contributed by atoms with E-state index in [0.717, 1.165) is 11.3 Å². The van der Waals surface area contributed by atoms with Gasteiger partial charge < -0.3 is 10.1 Å². The molecule has 2 nitrogen and oxygen atoms in total. The minimum absolute atomic E-state index is 0.517. The Kier molecular flexibility index (Phi) is 4.56.